The summed E-state index contributed by atoms with van der Waals surface area (Å²) in [6.07, 6.45) is 2.77. The Morgan fingerprint density at radius 2 is 1.96 bits per heavy atom. The summed E-state index contributed by atoms with van der Waals surface area (Å²) in [5.41, 5.74) is 4.19. The van der Waals surface area contributed by atoms with Crippen molar-refractivity contribution in [2.24, 2.45) is 10.9 Å². The van der Waals surface area contributed by atoms with E-state index in [-0.39, 0.29) is 17.8 Å². The number of fused-ring (bicyclic) bond motifs is 2. The Bertz CT molecular complexity index is 902. The highest BCUT2D eigenvalue weighted by atomic mass is 16.5. The molecule has 1 heterocycles. The maximum atomic E-state index is 13.2. The van der Waals surface area contributed by atoms with Gasteiger partial charge in [0.05, 0.1) is 36.0 Å². The molecule has 1 amide bonds. The van der Waals surface area contributed by atoms with Crippen LogP contribution in [0.3, 0.4) is 0 Å². The second-order valence-corrected chi connectivity index (χ2v) is 6.88. The predicted molar refractivity (Wildman–Crippen MR) is 104 cm³/mol. The van der Waals surface area contributed by atoms with E-state index in [4.69, 9.17) is 9.73 Å². The van der Waals surface area contributed by atoms with Crippen molar-refractivity contribution >= 4 is 29.0 Å². The van der Waals surface area contributed by atoms with E-state index < -0.39 is 0 Å². The average Bonchev–Trinajstić information content (AvgIpc) is 3.11. The zero-order chi connectivity index (χ0) is 18.8. The lowest BCUT2D eigenvalue weighted by atomic mass is 10.0. The van der Waals surface area contributed by atoms with Crippen molar-refractivity contribution in [3.05, 3.63) is 59.7 Å². The summed E-state index contributed by atoms with van der Waals surface area (Å²) in [6.45, 7) is 2.59. The Balaban J connectivity index is 1.63. The van der Waals surface area contributed by atoms with Crippen LogP contribution in [0, 0.1) is 5.92 Å². The molecule has 0 bridgehead atoms. The van der Waals surface area contributed by atoms with E-state index in [0.29, 0.717) is 18.7 Å². The summed E-state index contributed by atoms with van der Waals surface area (Å²) < 4.78 is 5.03. The molecule has 0 spiro atoms. The van der Waals surface area contributed by atoms with E-state index in [0.717, 1.165) is 41.9 Å². The van der Waals surface area contributed by atoms with Crippen LogP contribution in [-0.4, -0.2) is 24.2 Å². The van der Waals surface area contributed by atoms with Gasteiger partial charge in [-0.1, -0.05) is 24.3 Å². The highest BCUT2D eigenvalue weighted by Crippen LogP contribution is 2.38. The molecular weight excluding hydrogens is 340 g/mol. The first-order valence-corrected chi connectivity index (χ1v) is 9.41. The lowest BCUT2D eigenvalue weighted by molar-refractivity contribution is -0.120. The monoisotopic (exact) mass is 362 g/mol. The van der Waals surface area contributed by atoms with Gasteiger partial charge in [0, 0.05) is 5.71 Å². The predicted octanol–water partition coefficient (Wildman–Crippen LogP) is 4.28. The van der Waals surface area contributed by atoms with Crippen molar-refractivity contribution in [3.8, 4) is 0 Å². The summed E-state index contributed by atoms with van der Waals surface area (Å²) in [5.74, 6) is -0.328. The number of esters is 1. The van der Waals surface area contributed by atoms with Gasteiger partial charge in [0.2, 0.25) is 5.91 Å². The molecule has 0 N–H and O–H groups in total. The molecule has 1 saturated carbocycles. The average molecular weight is 362 g/mol. The van der Waals surface area contributed by atoms with Gasteiger partial charge in [0.1, 0.15) is 0 Å². The van der Waals surface area contributed by atoms with E-state index in [2.05, 4.69) is 0 Å². The Hall–Kier alpha value is -2.95. The molecule has 2 aliphatic rings. The van der Waals surface area contributed by atoms with Crippen molar-refractivity contribution in [2.75, 3.05) is 11.5 Å². The highest BCUT2D eigenvalue weighted by Gasteiger charge is 2.36. The summed E-state index contributed by atoms with van der Waals surface area (Å²) in [6, 6.07) is 15.1. The highest BCUT2D eigenvalue weighted by molar-refractivity contribution is 6.14. The number of carbonyl (C=O) groups excluding carboxylic acids is 2. The fourth-order valence-electron chi connectivity index (χ4n) is 3.78. The number of nitrogens with zero attached hydrogens (tertiary/aromatic N) is 2. The quantitative estimate of drug-likeness (QED) is 0.763. The van der Waals surface area contributed by atoms with Gasteiger partial charge in [-0.3, -0.25) is 9.79 Å². The first kappa shape index (κ1) is 17.5. The molecule has 2 aromatic rings. The van der Waals surface area contributed by atoms with Crippen LogP contribution in [-0.2, 0) is 16.1 Å². The number of benzene rings is 2. The number of hydrogen-bond donors (Lipinski definition) is 0. The SMILES string of the molecule is CCOC(=O)c1ccc(CN2C(=O)C3CCCC3=Nc3ccccc32)cc1. The van der Waals surface area contributed by atoms with Gasteiger partial charge in [-0.2, -0.15) is 0 Å². The van der Waals surface area contributed by atoms with Crippen molar-refractivity contribution in [1.29, 1.82) is 0 Å². The number of hydrogen-bond acceptors (Lipinski definition) is 4. The summed E-state index contributed by atoms with van der Waals surface area (Å²) >= 11 is 0. The van der Waals surface area contributed by atoms with E-state index in [1.165, 1.54) is 0 Å². The molecule has 1 unspecified atom stereocenters. The van der Waals surface area contributed by atoms with Gasteiger partial charge in [0.25, 0.3) is 0 Å². The Morgan fingerprint density at radius 3 is 2.74 bits per heavy atom. The minimum Gasteiger partial charge on any atom is -0.462 e. The van der Waals surface area contributed by atoms with E-state index >= 15 is 0 Å². The Labute approximate surface area is 158 Å². The number of anilines is 1. The van der Waals surface area contributed by atoms with Gasteiger partial charge < -0.3 is 9.64 Å². The van der Waals surface area contributed by atoms with Crippen LogP contribution in [0.2, 0.25) is 0 Å². The van der Waals surface area contributed by atoms with Gasteiger partial charge in [-0.15, -0.1) is 0 Å². The van der Waals surface area contributed by atoms with Crippen LogP contribution >= 0.6 is 0 Å². The summed E-state index contributed by atoms with van der Waals surface area (Å²) in [5, 5.41) is 0. The summed E-state index contributed by atoms with van der Waals surface area (Å²) in [7, 11) is 0. The van der Waals surface area contributed by atoms with Crippen molar-refractivity contribution in [2.45, 2.75) is 32.7 Å². The third-order valence-corrected chi connectivity index (χ3v) is 5.13. The van der Waals surface area contributed by atoms with E-state index in [9.17, 15) is 9.59 Å². The standard InChI is InChI=1S/C22H22N2O3/c1-2-27-22(26)16-12-10-15(11-13-16)14-24-20-9-4-3-7-19(20)23-18-8-5-6-17(18)21(24)25/h3-4,7,9-13,17H,2,5-6,8,14H2,1H3. The molecule has 138 valence electrons. The summed E-state index contributed by atoms with van der Waals surface area (Å²) in [4.78, 5) is 31.7. The fraction of sp³-hybridized carbons (Fsp3) is 0.318. The molecule has 0 radical (unpaired) electrons. The van der Waals surface area contributed by atoms with Crippen LogP contribution in [0.1, 0.15) is 42.1 Å². The lowest BCUT2D eigenvalue weighted by Crippen LogP contribution is -2.36. The molecule has 2 aromatic carbocycles. The van der Waals surface area contributed by atoms with Crippen LogP contribution in [0.5, 0.6) is 0 Å². The van der Waals surface area contributed by atoms with E-state index in [1.807, 2.05) is 41.3 Å². The van der Waals surface area contributed by atoms with Crippen LogP contribution < -0.4 is 4.90 Å². The van der Waals surface area contributed by atoms with E-state index in [1.54, 1.807) is 19.1 Å². The number of para-hydroxylation sites is 2. The maximum Gasteiger partial charge on any atom is 0.338 e. The molecule has 5 nitrogen and oxygen atoms in total. The molecule has 0 aromatic heterocycles. The van der Waals surface area contributed by atoms with Crippen LogP contribution in [0.15, 0.2) is 53.5 Å². The molecule has 1 aliphatic carbocycles. The number of ether oxygens (including phenoxy) is 1. The number of aliphatic imine (C=N–C) groups is 1. The van der Waals surface area contributed by atoms with Crippen molar-refractivity contribution in [3.63, 3.8) is 0 Å². The third-order valence-electron chi connectivity index (χ3n) is 5.13. The molecule has 5 heteroatoms. The lowest BCUT2D eigenvalue weighted by Gasteiger charge is -2.25. The topological polar surface area (TPSA) is 59.0 Å². The van der Waals surface area contributed by atoms with Crippen LogP contribution in [0.4, 0.5) is 11.4 Å². The first-order valence-electron chi connectivity index (χ1n) is 9.41. The Kier molecular flexibility index (Phi) is 4.75. The van der Waals surface area contributed by atoms with Gasteiger partial charge >= 0.3 is 5.97 Å². The van der Waals surface area contributed by atoms with Crippen molar-refractivity contribution in [1.82, 2.24) is 0 Å². The smallest absolute Gasteiger partial charge is 0.338 e. The zero-order valence-electron chi connectivity index (χ0n) is 15.4. The number of amides is 1. The zero-order valence-corrected chi connectivity index (χ0v) is 15.4. The van der Waals surface area contributed by atoms with Gasteiger partial charge in [0.15, 0.2) is 0 Å². The second-order valence-electron chi connectivity index (χ2n) is 6.88. The van der Waals surface area contributed by atoms with Crippen LogP contribution in [0.25, 0.3) is 0 Å². The molecule has 4 rings (SSSR count). The molecule has 1 atom stereocenters. The minimum atomic E-state index is -0.329. The number of rotatable bonds is 4. The Morgan fingerprint density at radius 1 is 1.19 bits per heavy atom. The van der Waals surface area contributed by atoms with Gasteiger partial charge in [-0.05, 0) is 56.0 Å². The first-order chi connectivity index (χ1) is 13.2. The molecule has 27 heavy (non-hydrogen) atoms. The van der Waals surface area contributed by atoms with Crippen molar-refractivity contribution < 1.29 is 14.3 Å². The number of carbonyl (C=O) groups is 2. The largest absolute Gasteiger partial charge is 0.462 e. The molecule has 1 fully saturated rings. The molecule has 1 aliphatic heterocycles. The molecule has 0 saturated heterocycles. The minimum absolute atomic E-state index is 0.115. The maximum absolute atomic E-state index is 13.2. The fourth-order valence-corrected chi connectivity index (χ4v) is 3.78. The molecular formula is C22H22N2O3. The third kappa shape index (κ3) is 3.37. The second kappa shape index (κ2) is 7.35. The normalized spacial score (nSPS) is 18.4. The van der Waals surface area contributed by atoms with Gasteiger partial charge in [-0.25, -0.2) is 4.79 Å².